The van der Waals surface area contributed by atoms with Gasteiger partial charge < -0.3 is 10.1 Å². The number of aryl methyl sites for hydroxylation is 1. The fraction of sp³-hybridized carbons (Fsp3) is 0.458. The number of nitrogens with zero attached hydrogens (tertiary/aromatic N) is 1. The fourth-order valence-electron chi connectivity index (χ4n) is 3.86. The summed E-state index contributed by atoms with van der Waals surface area (Å²) in [5.74, 6) is -0.0160. The number of amides is 1. The van der Waals surface area contributed by atoms with Crippen LogP contribution in [0.2, 0.25) is 0 Å². The average Bonchev–Trinajstić information content (AvgIpc) is 3.09. The van der Waals surface area contributed by atoms with Crippen LogP contribution in [0.1, 0.15) is 67.1 Å². The van der Waals surface area contributed by atoms with Gasteiger partial charge in [-0.1, -0.05) is 44.0 Å². The zero-order valence-corrected chi connectivity index (χ0v) is 19.4. The summed E-state index contributed by atoms with van der Waals surface area (Å²) in [5, 5.41) is 2.97. The van der Waals surface area contributed by atoms with E-state index < -0.39 is 10.0 Å². The highest BCUT2D eigenvalue weighted by Gasteiger charge is 2.27. The molecule has 0 radical (unpaired) electrons. The largest absolute Gasteiger partial charge is 0.496 e. The van der Waals surface area contributed by atoms with Crippen LogP contribution in [0, 0.1) is 0 Å². The molecule has 1 heterocycles. The van der Waals surface area contributed by atoms with Gasteiger partial charge in [0, 0.05) is 13.1 Å². The molecule has 0 aromatic heterocycles. The van der Waals surface area contributed by atoms with Crippen molar-refractivity contribution in [3.63, 3.8) is 0 Å². The Morgan fingerprint density at radius 3 is 2.29 bits per heavy atom. The molecule has 1 aliphatic rings. The average molecular weight is 445 g/mol. The number of carbonyl (C=O) groups is 1. The van der Waals surface area contributed by atoms with Crippen molar-refractivity contribution in [2.75, 3.05) is 20.2 Å². The lowest BCUT2D eigenvalue weighted by Gasteiger charge is -2.21. The van der Waals surface area contributed by atoms with Gasteiger partial charge in [-0.15, -0.1) is 0 Å². The van der Waals surface area contributed by atoms with Crippen LogP contribution >= 0.6 is 0 Å². The standard InChI is InChI=1S/C24H32N2O4S/c1-4-19-9-11-20(12-10-19)18(2)25-24(27)22-17-21(13-14-23(22)30-3)31(28,29)26-15-7-5-6-8-16-26/h9-14,17-18H,4-8,15-16H2,1-3H3,(H,25,27). The Kier molecular flexibility index (Phi) is 7.73. The van der Waals surface area contributed by atoms with Crippen LogP contribution in [0.25, 0.3) is 0 Å². The van der Waals surface area contributed by atoms with Gasteiger partial charge in [-0.2, -0.15) is 4.31 Å². The van der Waals surface area contributed by atoms with Gasteiger partial charge in [0.15, 0.2) is 0 Å². The molecule has 6 nitrogen and oxygen atoms in total. The predicted molar refractivity (Wildman–Crippen MR) is 122 cm³/mol. The molecule has 0 saturated carbocycles. The van der Waals surface area contributed by atoms with E-state index in [9.17, 15) is 13.2 Å². The lowest BCUT2D eigenvalue weighted by molar-refractivity contribution is 0.0936. The third kappa shape index (κ3) is 5.46. The SMILES string of the molecule is CCc1ccc(C(C)NC(=O)c2cc(S(=O)(=O)N3CCCCCC3)ccc2OC)cc1. The Hall–Kier alpha value is -2.38. The summed E-state index contributed by atoms with van der Waals surface area (Å²) in [7, 11) is -2.18. The van der Waals surface area contributed by atoms with Crippen molar-refractivity contribution in [1.29, 1.82) is 0 Å². The number of hydrogen-bond donors (Lipinski definition) is 1. The fourth-order valence-corrected chi connectivity index (χ4v) is 5.40. The third-order valence-corrected chi connectivity index (χ3v) is 7.75. The van der Waals surface area contributed by atoms with Crippen LogP contribution in [0.4, 0.5) is 0 Å². The molecular formula is C24H32N2O4S. The van der Waals surface area contributed by atoms with Crippen molar-refractivity contribution in [3.05, 3.63) is 59.2 Å². The molecule has 1 N–H and O–H groups in total. The minimum absolute atomic E-state index is 0.125. The number of ether oxygens (including phenoxy) is 1. The van der Waals surface area contributed by atoms with Crippen molar-refractivity contribution >= 4 is 15.9 Å². The van der Waals surface area contributed by atoms with Gasteiger partial charge in [0.05, 0.1) is 23.6 Å². The molecule has 7 heteroatoms. The lowest BCUT2D eigenvalue weighted by Crippen LogP contribution is -2.32. The summed E-state index contributed by atoms with van der Waals surface area (Å²) in [6, 6.07) is 12.4. The van der Waals surface area contributed by atoms with E-state index in [4.69, 9.17) is 4.74 Å². The molecule has 0 bridgehead atoms. The molecule has 2 aromatic carbocycles. The first-order valence-corrected chi connectivity index (χ1v) is 12.4. The molecule has 0 spiro atoms. The molecule has 1 fully saturated rings. The third-order valence-electron chi connectivity index (χ3n) is 5.85. The molecular weight excluding hydrogens is 412 g/mol. The maximum atomic E-state index is 13.2. The second-order valence-corrected chi connectivity index (χ2v) is 9.91. The van der Waals surface area contributed by atoms with Crippen molar-refractivity contribution in [1.82, 2.24) is 9.62 Å². The summed E-state index contributed by atoms with van der Waals surface area (Å²) < 4.78 is 33.2. The van der Waals surface area contributed by atoms with E-state index in [-0.39, 0.29) is 22.4 Å². The first kappa shape index (κ1) is 23.3. The van der Waals surface area contributed by atoms with Crippen LogP contribution < -0.4 is 10.1 Å². The lowest BCUT2D eigenvalue weighted by atomic mass is 10.0. The summed E-state index contributed by atoms with van der Waals surface area (Å²) >= 11 is 0. The van der Waals surface area contributed by atoms with Crippen LogP contribution in [-0.2, 0) is 16.4 Å². The first-order valence-electron chi connectivity index (χ1n) is 10.9. The monoisotopic (exact) mass is 444 g/mol. The van der Waals surface area contributed by atoms with Crippen molar-refractivity contribution < 1.29 is 17.9 Å². The summed E-state index contributed by atoms with van der Waals surface area (Å²) in [6.07, 6.45) is 4.75. The number of rotatable bonds is 7. The second-order valence-electron chi connectivity index (χ2n) is 7.97. The molecule has 31 heavy (non-hydrogen) atoms. The minimum Gasteiger partial charge on any atom is -0.496 e. The summed E-state index contributed by atoms with van der Waals surface area (Å²) in [6.45, 7) is 5.03. The van der Waals surface area contributed by atoms with E-state index in [1.807, 2.05) is 31.2 Å². The molecule has 1 unspecified atom stereocenters. The Morgan fingerprint density at radius 2 is 1.71 bits per heavy atom. The van der Waals surface area contributed by atoms with E-state index in [1.54, 1.807) is 6.07 Å². The summed E-state index contributed by atoms with van der Waals surface area (Å²) in [4.78, 5) is 13.2. The number of nitrogens with one attached hydrogen (secondary N) is 1. The highest BCUT2D eigenvalue weighted by molar-refractivity contribution is 7.89. The smallest absolute Gasteiger partial charge is 0.255 e. The van der Waals surface area contributed by atoms with Gasteiger partial charge in [-0.05, 0) is 55.5 Å². The maximum absolute atomic E-state index is 13.2. The van der Waals surface area contributed by atoms with Gasteiger partial charge in [0.1, 0.15) is 5.75 Å². The second kappa shape index (κ2) is 10.3. The topological polar surface area (TPSA) is 75.7 Å². The number of methoxy groups -OCH3 is 1. The Balaban J connectivity index is 1.84. The highest BCUT2D eigenvalue weighted by Crippen LogP contribution is 2.27. The Labute approximate surface area is 185 Å². The number of sulfonamides is 1. The first-order chi connectivity index (χ1) is 14.9. The Bertz CT molecular complexity index is 995. The maximum Gasteiger partial charge on any atom is 0.255 e. The quantitative estimate of drug-likeness (QED) is 0.690. The van der Waals surface area contributed by atoms with Crippen LogP contribution in [0.3, 0.4) is 0 Å². The predicted octanol–water partition coefficient (Wildman–Crippen LogP) is 4.31. The van der Waals surface area contributed by atoms with Crippen molar-refractivity contribution in [2.45, 2.75) is 56.9 Å². The molecule has 1 atom stereocenters. The van der Waals surface area contributed by atoms with Crippen LogP contribution in [0.5, 0.6) is 5.75 Å². The number of carbonyl (C=O) groups excluding carboxylic acids is 1. The normalized spacial score (nSPS) is 16.4. The molecule has 0 aliphatic carbocycles. The zero-order valence-electron chi connectivity index (χ0n) is 18.6. The van der Waals surface area contributed by atoms with E-state index in [1.165, 1.54) is 29.1 Å². The molecule has 1 amide bonds. The van der Waals surface area contributed by atoms with E-state index >= 15 is 0 Å². The molecule has 168 valence electrons. The molecule has 3 rings (SSSR count). The van der Waals surface area contributed by atoms with Gasteiger partial charge in [-0.25, -0.2) is 8.42 Å². The minimum atomic E-state index is -3.66. The zero-order chi connectivity index (χ0) is 22.4. The molecule has 2 aromatic rings. The van der Waals surface area contributed by atoms with Gasteiger partial charge in [0.2, 0.25) is 10.0 Å². The molecule has 1 saturated heterocycles. The Morgan fingerprint density at radius 1 is 1.06 bits per heavy atom. The van der Waals surface area contributed by atoms with Crippen LogP contribution in [-0.4, -0.2) is 38.8 Å². The van der Waals surface area contributed by atoms with E-state index in [0.29, 0.717) is 18.8 Å². The summed E-state index contributed by atoms with van der Waals surface area (Å²) in [5.41, 5.74) is 2.43. The van der Waals surface area contributed by atoms with Crippen molar-refractivity contribution in [3.8, 4) is 5.75 Å². The van der Waals surface area contributed by atoms with Gasteiger partial charge in [-0.3, -0.25) is 4.79 Å². The number of hydrogen-bond acceptors (Lipinski definition) is 4. The van der Waals surface area contributed by atoms with Gasteiger partial charge in [0.25, 0.3) is 5.91 Å². The van der Waals surface area contributed by atoms with Crippen LogP contribution in [0.15, 0.2) is 47.4 Å². The van der Waals surface area contributed by atoms with Gasteiger partial charge >= 0.3 is 0 Å². The highest BCUT2D eigenvalue weighted by atomic mass is 32.2. The van der Waals surface area contributed by atoms with E-state index in [2.05, 4.69) is 12.2 Å². The van der Waals surface area contributed by atoms with Crippen molar-refractivity contribution in [2.24, 2.45) is 0 Å². The molecule has 1 aliphatic heterocycles. The van der Waals surface area contributed by atoms with E-state index in [0.717, 1.165) is 37.7 Å². The number of benzene rings is 2.